The average Bonchev–Trinajstić information content (AvgIpc) is 3.02. The molecule has 1 aromatic heterocycles. The van der Waals surface area contributed by atoms with Crippen molar-refractivity contribution in [2.24, 2.45) is 0 Å². The van der Waals surface area contributed by atoms with Gasteiger partial charge in [-0.1, -0.05) is 0 Å². The fraction of sp³-hybridized carbons (Fsp3) is 0.250. The Morgan fingerprint density at radius 3 is 2.33 bits per heavy atom. The molecule has 8 heteroatoms. The highest BCUT2D eigenvalue weighted by atomic mass is 79.9. The van der Waals surface area contributed by atoms with Crippen molar-refractivity contribution in [2.45, 2.75) is 0 Å². The molecule has 24 heavy (non-hydrogen) atoms. The number of piperazine rings is 1. The Morgan fingerprint density at radius 1 is 1.08 bits per heavy atom. The summed E-state index contributed by atoms with van der Waals surface area (Å²) in [5.41, 5.74) is 1.23. The highest BCUT2D eigenvalue weighted by Crippen LogP contribution is 2.17. The lowest BCUT2D eigenvalue weighted by atomic mass is 10.1. The van der Waals surface area contributed by atoms with Crippen LogP contribution in [0.25, 0.3) is 0 Å². The lowest BCUT2D eigenvalue weighted by Gasteiger charge is -2.27. The molecular weight excluding hydrogens is 398 g/mol. The average molecular weight is 415 g/mol. The minimum absolute atomic E-state index is 0. The molecule has 1 aliphatic rings. The number of carbonyl (C=O) groups excluding carboxylic acids is 2. The summed E-state index contributed by atoms with van der Waals surface area (Å²) in [6, 6.07) is 10.1. The van der Waals surface area contributed by atoms with Gasteiger partial charge in [-0.2, -0.15) is 0 Å². The molecule has 2 N–H and O–H groups in total. The number of furan rings is 1. The van der Waals surface area contributed by atoms with Crippen LogP contribution in [0.5, 0.6) is 0 Å². The third-order valence-corrected chi connectivity index (χ3v) is 4.02. The van der Waals surface area contributed by atoms with E-state index in [0.29, 0.717) is 29.0 Å². The molecule has 0 unspecified atom stereocenters. The second kappa shape index (κ2) is 8.32. The lowest BCUT2D eigenvalue weighted by Crippen LogP contribution is -2.46. The summed E-state index contributed by atoms with van der Waals surface area (Å²) in [4.78, 5) is 26.2. The van der Waals surface area contributed by atoms with Gasteiger partial charge in [0.25, 0.3) is 11.8 Å². The van der Waals surface area contributed by atoms with Gasteiger partial charge in [-0.3, -0.25) is 9.59 Å². The number of halogens is 2. The molecule has 0 saturated carbocycles. The minimum Gasteiger partial charge on any atom is -0.444 e. The fourth-order valence-corrected chi connectivity index (χ4v) is 2.68. The summed E-state index contributed by atoms with van der Waals surface area (Å²) >= 11 is 3.16. The van der Waals surface area contributed by atoms with E-state index < -0.39 is 0 Å². The van der Waals surface area contributed by atoms with E-state index in [1.165, 1.54) is 0 Å². The van der Waals surface area contributed by atoms with Crippen LogP contribution in [0, 0.1) is 0 Å². The monoisotopic (exact) mass is 413 g/mol. The predicted octanol–water partition coefficient (Wildman–Crippen LogP) is 2.76. The maximum absolute atomic E-state index is 12.3. The number of amides is 2. The third-order valence-electron chi connectivity index (χ3n) is 3.59. The van der Waals surface area contributed by atoms with Crippen LogP contribution in [0.15, 0.2) is 45.5 Å². The number of rotatable bonds is 3. The normalized spacial score (nSPS) is 14.0. The van der Waals surface area contributed by atoms with E-state index in [2.05, 4.69) is 26.6 Å². The van der Waals surface area contributed by atoms with Crippen molar-refractivity contribution >= 4 is 45.8 Å². The van der Waals surface area contributed by atoms with Gasteiger partial charge in [0.15, 0.2) is 10.4 Å². The maximum atomic E-state index is 12.3. The number of anilines is 1. The molecule has 6 nitrogen and oxygen atoms in total. The molecule has 1 aromatic carbocycles. The van der Waals surface area contributed by atoms with Gasteiger partial charge in [0.05, 0.1) is 0 Å². The molecule has 128 valence electrons. The van der Waals surface area contributed by atoms with Crippen LogP contribution in [0.2, 0.25) is 0 Å². The van der Waals surface area contributed by atoms with Crippen LogP contribution in [-0.4, -0.2) is 42.9 Å². The van der Waals surface area contributed by atoms with Crippen LogP contribution in [0.4, 0.5) is 5.69 Å². The zero-order valence-electron chi connectivity index (χ0n) is 12.8. The molecule has 0 spiro atoms. The SMILES string of the molecule is Cl.O=C(Nc1ccc(C(=O)N2CCNCC2)cc1)c1ccc(Br)o1. The number of hydrogen-bond donors (Lipinski definition) is 2. The smallest absolute Gasteiger partial charge is 0.291 e. The van der Waals surface area contributed by atoms with Gasteiger partial charge >= 0.3 is 0 Å². The van der Waals surface area contributed by atoms with Crippen molar-refractivity contribution < 1.29 is 14.0 Å². The molecule has 2 amide bonds. The zero-order valence-corrected chi connectivity index (χ0v) is 15.2. The molecule has 2 heterocycles. The molecule has 0 aliphatic carbocycles. The van der Waals surface area contributed by atoms with Crippen LogP contribution in [0.3, 0.4) is 0 Å². The first-order valence-electron chi connectivity index (χ1n) is 7.30. The van der Waals surface area contributed by atoms with Gasteiger partial charge in [-0.05, 0) is 52.3 Å². The Morgan fingerprint density at radius 2 is 1.75 bits per heavy atom. The number of hydrogen-bond acceptors (Lipinski definition) is 4. The third kappa shape index (κ3) is 4.37. The molecule has 3 rings (SSSR count). The van der Waals surface area contributed by atoms with Crippen LogP contribution < -0.4 is 10.6 Å². The van der Waals surface area contributed by atoms with Gasteiger partial charge in [0.2, 0.25) is 0 Å². The lowest BCUT2D eigenvalue weighted by molar-refractivity contribution is 0.0735. The number of benzene rings is 1. The van der Waals surface area contributed by atoms with Crippen LogP contribution >= 0.6 is 28.3 Å². The summed E-state index contributed by atoms with van der Waals surface area (Å²) in [7, 11) is 0. The summed E-state index contributed by atoms with van der Waals surface area (Å²) in [5.74, 6) is -0.103. The molecular formula is C16H17BrClN3O3. The van der Waals surface area contributed by atoms with Crippen molar-refractivity contribution in [2.75, 3.05) is 31.5 Å². The van der Waals surface area contributed by atoms with E-state index >= 15 is 0 Å². The second-order valence-electron chi connectivity index (χ2n) is 5.18. The van der Waals surface area contributed by atoms with E-state index in [-0.39, 0.29) is 30.0 Å². The van der Waals surface area contributed by atoms with Gasteiger partial charge in [0, 0.05) is 37.4 Å². The zero-order chi connectivity index (χ0) is 16.2. The largest absolute Gasteiger partial charge is 0.444 e. The minimum atomic E-state index is -0.336. The molecule has 1 fully saturated rings. The molecule has 1 aliphatic heterocycles. The van der Waals surface area contributed by atoms with Crippen LogP contribution in [0.1, 0.15) is 20.9 Å². The van der Waals surface area contributed by atoms with Gasteiger partial charge in [0.1, 0.15) is 0 Å². The quantitative estimate of drug-likeness (QED) is 0.810. The second-order valence-corrected chi connectivity index (χ2v) is 5.96. The van der Waals surface area contributed by atoms with Gasteiger partial charge in [-0.25, -0.2) is 0 Å². The standard InChI is InChI=1S/C16H16BrN3O3.ClH/c17-14-6-5-13(23-14)15(21)19-12-3-1-11(2-4-12)16(22)20-9-7-18-8-10-20;/h1-6,18H,7-10H2,(H,19,21);1H. The molecule has 0 bridgehead atoms. The first kappa shape index (κ1) is 18.5. The fourth-order valence-electron chi connectivity index (χ4n) is 2.38. The van der Waals surface area contributed by atoms with Gasteiger partial charge in [-0.15, -0.1) is 12.4 Å². The summed E-state index contributed by atoms with van der Waals surface area (Å²) < 4.78 is 5.70. The first-order valence-corrected chi connectivity index (χ1v) is 8.09. The Labute approximate surface area is 154 Å². The Hall–Kier alpha value is -1.83. The topological polar surface area (TPSA) is 74.6 Å². The molecule has 2 aromatic rings. The number of carbonyl (C=O) groups is 2. The Kier molecular flexibility index (Phi) is 6.42. The molecule has 0 radical (unpaired) electrons. The van der Waals surface area contributed by atoms with Crippen molar-refractivity contribution in [3.05, 3.63) is 52.4 Å². The van der Waals surface area contributed by atoms with E-state index in [1.54, 1.807) is 36.4 Å². The van der Waals surface area contributed by atoms with Crippen molar-refractivity contribution in [3.63, 3.8) is 0 Å². The van der Waals surface area contributed by atoms with Crippen molar-refractivity contribution in [3.8, 4) is 0 Å². The predicted molar refractivity (Wildman–Crippen MR) is 96.8 cm³/mol. The van der Waals surface area contributed by atoms with Gasteiger partial charge < -0.3 is 20.0 Å². The number of nitrogens with one attached hydrogen (secondary N) is 2. The van der Waals surface area contributed by atoms with E-state index in [1.807, 2.05) is 4.90 Å². The Bertz CT molecular complexity index is 712. The van der Waals surface area contributed by atoms with Crippen molar-refractivity contribution in [1.29, 1.82) is 0 Å². The number of nitrogens with zero attached hydrogens (tertiary/aromatic N) is 1. The van der Waals surface area contributed by atoms with E-state index in [4.69, 9.17) is 4.42 Å². The maximum Gasteiger partial charge on any atom is 0.291 e. The Balaban J connectivity index is 0.00000208. The molecule has 1 saturated heterocycles. The highest BCUT2D eigenvalue weighted by Gasteiger charge is 2.18. The first-order chi connectivity index (χ1) is 11.1. The molecule has 0 atom stereocenters. The summed E-state index contributed by atoms with van der Waals surface area (Å²) in [6.07, 6.45) is 0. The van der Waals surface area contributed by atoms with Crippen molar-refractivity contribution in [1.82, 2.24) is 10.2 Å². The summed E-state index contributed by atoms with van der Waals surface area (Å²) in [6.45, 7) is 3.06. The van der Waals surface area contributed by atoms with E-state index in [0.717, 1.165) is 13.1 Å². The highest BCUT2D eigenvalue weighted by molar-refractivity contribution is 9.10. The van der Waals surface area contributed by atoms with Crippen LogP contribution in [-0.2, 0) is 0 Å². The van der Waals surface area contributed by atoms with E-state index in [9.17, 15) is 9.59 Å². The summed E-state index contributed by atoms with van der Waals surface area (Å²) in [5, 5.41) is 5.94.